The van der Waals surface area contributed by atoms with Crippen molar-refractivity contribution in [1.82, 2.24) is 15.0 Å². The summed E-state index contributed by atoms with van der Waals surface area (Å²) >= 11 is 0. The predicted molar refractivity (Wildman–Crippen MR) is 75.1 cm³/mol. The Morgan fingerprint density at radius 3 is 3.00 bits per heavy atom. The second-order valence-electron chi connectivity index (χ2n) is 6.30. The molecular formula is C15H25N3O. The van der Waals surface area contributed by atoms with Gasteiger partial charge in [0.1, 0.15) is 5.76 Å². The van der Waals surface area contributed by atoms with Crippen LogP contribution in [0.15, 0.2) is 10.6 Å². The quantitative estimate of drug-likeness (QED) is 0.838. The van der Waals surface area contributed by atoms with Gasteiger partial charge in [-0.15, -0.1) is 0 Å². The monoisotopic (exact) mass is 263 g/mol. The molecule has 0 aliphatic carbocycles. The minimum atomic E-state index is 0.427. The molecule has 0 radical (unpaired) electrons. The van der Waals surface area contributed by atoms with E-state index in [-0.39, 0.29) is 0 Å². The minimum absolute atomic E-state index is 0.427. The molecule has 1 aromatic heterocycles. The Kier molecular flexibility index (Phi) is 3.89. The fourth-order valence-electron chi connectivity index (χ4n) is 3.27. The van der Waals surface area contributed by atoms with Gasteiger partial charge in [0, 0.05) is 44.2 Å². The van der Waals surface area contributed by atoms with Crippen LogP contribution in [0.2, 0.25) is 0 Å². The van der Waals surface area contributed by atoms with Gasteiger partial charge in [-0.3, -0.25) is 9.80 Å². The van der Waals surface area contributed by atoms with Crippen LogP contribution < -0.4 is 0 Å². The van der Waals surface area contributed by atoms with Crippen molar-refractivity contribution in [3.05, 3.63) is 17.5 Å². The van der Waals surface area contributed by atoms with E-state index in [1.807, 2.05) is 0 Å². The summed E-state index contributed by atoms with van der Waals surface area (Å²) in [5, 5.41) is 4.21. The number of rotatable bonds is 3. The lowest BCUT2D eigenvalue weighted by Crippen LogP contribution is -2.54. The zero-order chi connectivity index (χ0) is 13.2. The normalized spacial score (nSPS) is 25.7. The van der Waals surface area contributed by atoms with Crippen molar-refractivity contribution in [1.29, 1.82) is 0 Å². The average Bonchev–Trinajstić information content (AvgIpc) is 2.87. The minimum Gasteiger partial charge on any atom is -0.361 e. The van der Waals surface area contributed by atoms with Crippen LogP contribution in [0.4, 0.5) is 0 Å². The molecule has 0 aromatic carbocycles. The molecule has 0 amide bonds. The Labute approximate surface area is 115 Å². The van der Waals surface area contributed by atoms with Crippen molar-refractivity contribution >= 4 is 0 Å². The van der Waals surface area contributed by atoms with Crippen molar-refractivity contribution in [2.24, 2.45) is 0 Å². The van der Waals surface area contributed by atoms with Crippen molar-refractivity contribution in [2.75, 3.05) is 26.2 Å². The summed E-state index contributed by atoms with van der Waals surface area (Å²) in [4.78, 5) is 5.21. The third-order valence-corrected chi connectivity index (χ3v) is 4.45. The first-order valence-corrected chi connectivity index (χ1v) is 7.64. The van der Waals surface area contributed by atoms with Gasteiger partial charge in [-0.25, -0.2) is 0 Å². The first kappa shape index (κ1) is 13.1. The van der Waals surface area contributed by atoms with Crippen LogP contribution in [0.5, 0.6) is 0 Å². The molecule has 106 valence electrons. The maximum atomic E-state index is 5.39. The number of hydrogen-bond acceptors (Lipinski definition) is 4. The SMILES string of the molecule is CC(C)c1cc(CN2CCN3CCCC[C@H]3C2)no1. The van der Waals surface area contributed by atoms with Crippen LogP contribution in [0, 0.1) is 0 Å². The number of aromatic nitrogens is 1. The fourth-order valence-corrected chi connectivity index (χ4v) is 3.27. The lowest BCUT2D eigenvalue weighted by Gasteiger charge is -2.43. The van der Waals surface area contributed by atoms with E-state index in [0.29, 0.717) is 5.92 Å². The standard InChI is InChI=1S/C15H25N3O/c1-12(2)15-9-13(16-19-15)10-17-7-8-18-6-4-3-5-14(18)11-17/h9,12,14H,3-8,10-11H2,1-2H3/t14-/m0/s1. The van der Waals surface area contributed by atoms with Gasteiger partial charge in [-0.1, -0.05) is 25.4 Å². The Balaban J connectivity index is 1.57. The van der Waals surface area contributed by atoms with Crippen molar-refractivity contribution in [3.63, 3.8) is 0 Å². The molecule has 2 aliphatic rings. The maximum Gasteiger partial charge on any atom is 0.139 e. The summed E-state index contributed by atoms with van der Waals surface area (Å²) in [6.45, 7) is 10.1. The van der Waals surface area contributed by atoms with E-state index in [0.717, 1.165) is 24.0 Å². The second-order valence-corrected chi connectivity index (χ2v) is 6.30. The summed E-state index contributed by atoms with van der Waals surface area (Å²) in [7, 11) is 0. The van der Waals surface area contributed by atoms with Gasteiger partial charge in [0.25, 0.3) is 0 Å². The molecular weight excluding hydrogens is 238 g/mol. The van der Waals surface area contributed by atoms with Gasteiger partial charge >= 0.3 is 0 Å². The van der Waals surface area contributed by atoms with Crippen LogP contribution >= 0.6 is 0 Å². The number of nitrogens with zero attached hydrogens (tertiary/aromatic N) is 3. The molecule has 0 spiro atoms. The lowest BCUT2D eigenvalue weighted by molar-refractivity contribution is 0.0447. The summed E-state index contributed by atoms with van der Waals surface area (Å²) in [6, 6.07) is 2.90. The molecule has 2 aliphatic heterocycles. The van der Waals surface area contributed by atoms with Crippen LogP contribution in [-0.4, -0.2) is 47.2 Å². The topological polar surface area (TPSA) is 32.5 Å². The summed E-state index contributed by atoms with van der Waals surface area (Å²) in [5.74, 6) is 1.43. The molecule has 4 heteroatoms. The van der Waals surface area contributed by atoms with Crippen molar-refractivity contribution in [3.8, 4) is 0 Å². The van der Waals surface area contributed by atoms with Gasteiger partial charge in [-0.2, -0.15) is 0 Å². The van der Waals surface area contributed by atoms with Gasteiger partial charge in [0.05, 0.1) is 5.69 Å². The highest BCUT2D eigenvalue weighted by molar-refractivity contribution is 5.08. The highest BCUT2D eigenvalue weighted by Crippen LogP contribution is 2.22. The van der Waals surface area contributed by atoms with Crippen LogP contribution in [0.1, 0.15) is 50.5 Å². The molecule has 2 saturated heterocycles. The van der Waals surface area contributed by atoms with E-state index in [1.54, 1.807) is 0 Å². The van der Waals surface area contributed by atoms with Crippen LogP contribution in [-0.2, 0) is 6.54 Å². The fraction of sp³-hybridized carbons (Fsp3) is 0.800. The molecule has 0 unspecified atom stereocenters. The van der Waals surface area contributed by atoms with Gasteiger partial charge in [0.15, 0.2) is 0 Å². The Morgan fingerprint density at radius 1 is 1.32 bits per heavy atom. The zero-order valence-electron chi connectivity index (χ0n) is 12.1. The number of fused-ring (bicyclic) bond motifs is 1. The second kappa shape index (κ2) is 5.63. The highest BCUT2D eigenvalue weighted by atomic mass is 16.5. The zero-order valence-corrected chi connectivity index (χ0v) is 12.1. The molecule has 1 aromatic rings. The van der Waals surface area contributed by atoms with E-state index in [9.17, 15) is 0 Å². The van der Waals surface area contributed by atoms with Crippen molar-refractivity contribution in [2.45, 2.75) is 51.6 Å². The van der Waals surface area contributed by atoms with E-state index in [2.05, 4.69) is 34.9 Å². The number of hydrogen-bond donors (Lipinski definition) is 0. The molecule has 3 rings (SSSR count). The number of piperidine rings is 1. The Hall–Kier alpha value is -0.870. The average molecular weight is 263 g/mol. The summed E-state index contributed by atoms with van der Waals surface area (Å²) in [5.41, 5.74) is 1.09. The molecule has 3 heterocycles. The molecule has 0 bridgehead atoms. The first-order valence-electron chi connectivity index (χ1n) is 7.64. The molecule has 0 saturated carbocycles. The van der Waals surface area contributed by atoms with Crippen LogP contribution in [0.3, 0.4) is 0 Å². The summed E-state index contributed by atoms with van der Waals surface area (Å²) in [6.07, 6.45) is 4.15. The van der Waals surface area contributed by atoms with Crippen molar-refractivity contribution < 1.29 is 4.52 Å². The van der Waals surface area contributed by atoms with E-state index < -0.39 is 0 Å². The molecule has 0 N–H and O–H groups in total. The molecule has 19 heavy (non-hydrogen) atoms. The van der Waals surface area contributed by atoms with E-state index in [4.69, 9.17) is 4.52 Å². The largest absolute Gasteiger partial charge is 0.361 e. The van der Waals surface area contributed by atoms with Gasteiger partial charge in [0.2, 0.25) is 0 Å². The molecule has 2 fully saturated rings. The lowest BCUT2D eigenvalue weighted by atomic mass is 9.99. The van der Waals surface area contributed by atoms with Gasteiger partial charge in [-0.05, 0) is 19.4 Å². The molecule has 4 nitrogen and oxygen atoms in total. The number of piperazine rings is 1. The maximum absolute atomic E-state index is 5.39. The highest BCUT2D eigenvalue weighted by Gasteiger charge is 2.29. The Morgan fingerprint density at radius 2 is 2.21 bits per heavy atom. The smallest absolute Gasteiger partial charge is 0.139 e. The molecule has 1 atom stereocenters. The third-order valence-electron chi connectivity index (χ3n) is 4.45. The van der Waals surface area contributed by atoms with E-state index >= 15 is 0 Å². The van der Waals surface area contributed by atoms with E-state index in [1.165, 1.54) is 45.4 Å². The summed E-state index contributed by atoms with van der Waals surface area (Å²) < 4.78 is 5.39. The van der Waals surface area contributed by atoms with Gasteiger partial charge < -0.3 is 4.52 Å². The Bertz CT molecular complexity index is 415. The van der Waals surface area contributed by atoms with Crippen LogP contribution in [0.25, 0.3) is 0 Å². The first-order chi connectivity index (χ1) is 9.22. The third kappa shape index (κ3) is 3.00. The predicted octanol–water partition coefficient (Wildman–Crippen LogP) is 2.47.